The number of rotatable bonds is 4. The van der Waals surface area contributed by atoms with Crippen molar-refractivity contribution in [3.05, 3.63) is 35.1 Å². The molecule has 0 aliphatic carbocycles. The van der Waals surface area contributed by atoms with E-state index >= 15 is 0 Å². The number of aliphatic hydroxyl groups excluding tert-OH is 1. The van der Waals surface area contributed by atoms with Crippen molar-refractivity contribution in [3.8, 4) is 0 Å². The van der Waals surface area contributed by atoms with Crippen molar-refractivity contribution in [3.63, 3.8) is 0 Å². The third-order valence-electron chi connectivity index (χ3n) is 2.03. The Hall–Kier alpha value is -2.09. The molecule has 8 heteroatoms. The Morgan fingerprint density at radius 3 is 2.11 bits per heavy atom. The van der Waals surface area contributed by atoms with Crippen LogP contribution in [-0.2, 0) is 4.79 Å². The Bertz CT molecular complexity index is 469. The van der Waals surface area contributed by atoms with Crippen LogP contribution in [0.5, 0.6) is 0 Å². The van der Waals surface area contributed by atoms with Gasteiger partial charge in [0.25, 0.3) is 5.91 Å². The summed E-state index contributed by atoms with van der Waals surface area (Å²) < 4.78 is 38.3. The lowest BCUT2D eigenvalue weighted by Crippen LogP contribution is -2.43. The summed E-state index contributed by atoms with van der Waals surface area (Å²) in [5.74, 6) is -7.54. The van der Waals surface area contributed by atoms with Crippen molar-refractivity contribution in [1.82, 2.24) is 5.32 Å². The highest BCUT2D eigenvalue weighted by molar-refractivity contribution is 5.96. The molecule has 5 nitrogen and oxygen atoms in total. The first-order chi connectivity index (χ1) is 8.36. The molecule has 98 valence electrons. The average Bonchev–Trinajstić information content (AvgIpc) is 2.31. The van der Waals surface area contributed by atoms with Gasteiger partial charge in [-0.1, -0.05) is 0 Å². The van der Waals surface area contributed by atoms with Crippen molar-refractivity contribution in [2.45, 2.75) is 6.04 Å². The maximum absolute atomic E-state index is 12.8. The summed E-state index contributed by atoms with van der Waals surface area (Å²) in [6.07, 6.45) is 0. The predicted octanol–water partition coefficient (Wildman–Crippen LogP) is 0.279. The van der Waals surface area contributed by atoms with Gasteiger partial charge in [0.05, 0.1) is 6.61 Å². The van der Waals surface area contributed by atoms with Crippen LogP contribution < -0.4 is 5.32 Å². The van der Waals surface area contributed by atoms with E-state index in [0.29, 0.717) is 12.1 Å². The fraction of sp³-hybridized carbons (Fsp3) is 0.200. The third kappa shape index (κ3) is 2.98. The normalized spacial score (nSPS) is 12.0. The lowest BCUT2D eigenvalue weighted by molar-refractivity contribution is -0.140. The molecule has 0 heterocycles. The third-order valence-corrected chi connectivity index (χ3v) is 2.03. The van der Waals surface area contributed by atoms with Gasteiger partial charge in [-0.2, -0.15) is 0 Å². The van der Waals surface area contributed by atoms with Crippen LogP contribution in [0.3, 0.4) is 0 Å². The number of amides is 1. The van der Waals surface area contributed by atoms with E-state index in [4.69, 9.17) is 10.2 Å². The number of carboxylic acids is 1. The standard InChI is InChI=1S/C10H8F3NO4/c11-5-1-4(2-6(12)8(5)13)9(16)14-7(3-15)10(17)18/h1-2,7,15H,3H2,(H,14,16)(H,17,18). The molecule has 0 aromatic heterocycles. The first-order valence-corrected chi connectivity index (χ1v) is 4.66. The van der Waals surface area contributed by atoms with Gasteiger partial charge >= 0.3 is 5.97 Å². The quantitative estimate of drug-likeness (QED) is 0.681. The minimum Gasteiger partial charge on any atom is -0.480 e. The number of benzene rings is 1. The highest BCUT2D eigenvalue weighted by Crippen LogP contribution is 2.13. The Kier molecular flexibility index (Phi) is 4.27. The summed E-state index contributed by atoms with van der Waals surface area (Å²) in [7, 11) is 0. The fourth-order valence-corrected chi connectivity index (χ4v) is 1.11. The lowest BCUT2D eigenvalue weighted by Gasteiger charge is -2.11. The van der Waals surface area contributed by atoms with Gasteiger partial charge in [0.15, 0.2) is 23.5 Å². The van der Waals surface area contributed by atoms with Crippen LogP contribution in [0, 0.1) is 17.5 Å². The van der Waals surface area contributed by atoms with Crippen molar-refractivity contribution in [1.29, 1.82) is 0 Å². The van der Waals surface area contributed by atoms with Crippen molar-refractivity contribution in [2.75, 3.05) is 6.61 Å². The Morgan fingerprint density at radius 1 is 1.22 bits per heavy atom. The van der Waals surface area contributed by atoms with E-state index in [1.807, 2.05) is 5.32 Å². The molecule has 18 heavy (non-hydrogen) atoms. The Labute approximate surface area is 98.8 Å². The van der Waals surface area contributed by atoms with Gasteiger partial charge in [0.1, 0.15) is 0 Å². The number of hydrogen-bond donors (Lipinski definition) is 3. The predicted molar refractivity (Wildman–Crippen MR) is 52.3 cm³/mol. The maximum atomic E-state index is 12.8. The molecule has 0 saturated heterocycles. The van der Waals surface area contributed by atoms with Crippen molar-refractivity contribution >= 4 is 11.9 Å². The highest BCUT2D eigenvalue weighted by atomic mass is 19.2. The van der Waals surface area contributed by atoms with E-state index in [9.17, 15) is 22.8 Å². The maximum Gasteiger partial charge on any atom is 0.328 e. The molecule has 0 radical (unpaired) electrons. The van der Waals surface area contributed by atoms with Crippen LogP contribution in [-0.4, -0.2) is 34.7 Å². The summed E-state index contributed by atoms with van der Waals surface area (Å²) in [5.41, 5.74) is -0.592. The molecule has 0 fully saturated rings. The monoisotopic (exact) mass is 263 g/mol. The van der Waals surface area contributed by atoms with Gasteiger partial charge in [0, 0.05) is 5.56 Å². The molecule has 3 N–H and O–H groups in total. The van der Waals surface area contributed by atoms with E-state index < -0.39 is 47.5 Å². The summed E-state index contributed by atoms with van der Waals surface area (Å²) in [5, 5.41) is 19.0. The number of halogens is 3. The van der Waals surface area contributed by atoms with Crippen LogP contribution in [0.4, 0.5) is 13.2 Å². The fourth-order valence-electron chi connectivity index (χ4n) is 1.11. The average molecular weight is 263 g/mol. The Balaban J connectivity index is 2.94. The lowest BCUT2D eigenvalue weighted by atomic mass is 10.1. The SMILES string of the molecule is O=C(NC(CO)C(=O)O)c1cc(F)c(F)c(F)c1. The molecule has 1 aromatic carbocycles. The van der Waals surface area contributed by atoms with E-state index in [1.165, 1.54) is 0 Å². The molecular weight excluding hydrogens is 255 g/mol. The van der Waals surface area contributed by atoms with E-state index in [-0.39, 0.29) is 0 Å². The molecular formula is C10H8F3NO4. The second-order valence-electron chi connectivity index (χ2n) is 3.30. The van der Waals surface area contributed by atoms with Gasteiger partial charge < -0.3 is 15.5 Å². The van der Waals surface area contributed by atoms with Crippen LogP contribution in [0.2, 0.25) is 0 Å². The summed E-state index contributed by atoms with van der Waals surface area (Å²) in [6, 6.07) is -0.776. The van der Waals surface area contributed by atoms with Crippen LogP contribution in [0.25, 0.3) is 0 Å². The molecule has 0 aliphatic rings. The van der Waals surface area contributed by atoms with Crippen LogP contribution in [0.15, 0.2) is 12.1 Å². The molecule has 1 aromatic rings. The summed E-state index contributed by atoms with van der Waals surface area (Å²) in [4.78, 5) is 21.9. The minimum atomic E-state index is -1.73. The zero-order chi connectivity index (χ0) is 13.9. The molecule has 1 unspecified atom stereocenters. The molecule has 0 aliphatic heterocycles. The van der Waals surface area contributed by atoms with Crippen LogP contribution in [0.1, 0.15) is 10.4 Å². The molecule has 1 rings (SSSR count). The van der Waals surface area contributed by atoms with Gasteiger partial charge in [-0.3, -0.25) is 4.79 Å². The number of hydrogen-bond acceptors (Lipinski definition) is 3. The van der Waals surface area contributed by atoms with Gasteiger partial charge in [0.2, 0.25) is 0 Å². The first kappa shape index (κ1) is 14.0. The smallest absolute Gasteiger partial charge is 0.328 e. The molecule has 0 spiro atoms. The number of carbonyl (C=O) groups excluding carboxylic acids is 1. The molecule has 0 saturated carbocycles. The molecule has 0 bridgehead atoms. The Morgan fingerprint density at radius 2 is 1.72 bits per heavy atom. The number of carboxylic acid groups (broad SMARTS) is 1. The zero-order valence-corrected chi connectivity index (χ0v) is 8.78. The number of carbonyl (C=O) groups is 2. The first-order valence-electron chi connectivity index (χ1n) is 4.66. The van der Waals surface area contributed by atoms with E-state index in [0.717, 1.165) is 0 Å². The van der Waals surface area contributed by atoms with Crippen LogP contribution >= 0.6 is 0 Å². The molecule has 1 amide bonds. The van der Waals surface area contributed by atoms with Gasteiger partial charge in [-0.25, -0.2) is 18.0 Å². The van der Waals surface area contributed by atoms with E-state index in [1.54, 1.807) is 0 Å². The summed E-state index contributed by atoms with van der Waals surface area (Å²) in [6.45, 7) is -0.896. The minimum absolute atomic E-state index is 0.421. The number of aliphatic carboxylic acids is 1. The van der Waals surface area contributed by atoms with E-state index in [2.05, 4.69) is 0 Å². The van der Waals surface area contributed by atoms with Crippen molar-refractivity contribution in [2.24, 2.45) is 0 Å². The summed E-state index contributed by atoms with van der Waals surface area (Å²) >= 11 is 0. The van der Waals surface area contributed by atoms with Gasteiger partial charge in [-0.05, 0) is 12.1 Å². The topological polar surface area (TPSA) is 86.6 Å². The number of aliphatic hydroxyl groups is 1. The largest absolute Gasteiger partial charge is 0.480 e. The van der Waals surface area contributed by atoms with Crippen molar-refractivity contribution < 1.29 is 33.0 Å². The number of nitrogens with one attached hydrogen (secondary N) is 1. The highest BCUT2D eigenvalue weighted by Gasteiger charge is 2.21. The second-order valence-corrected chi connectivity index (χ2v) is 3.30. The zero-order valence-electron chi connectivity index (χ0n) is 8.78. The van der Waals surface area contributed by atoms with Gasteiger partial charge in [-0.15, -0.1) is 0 Å². The molecule has 1 atom stereocenters. The second kappa shape index (κ2) is 5.50.